The lowest BCUT2D eigenvalue weighted by atomic mass is 10.6. The lowest BCUT2D eigenvalue weighted by Crippen LogP contribution is -2.52. The summed E-state index contributed by atoms with van der Waals surface area (Å²) in [6.07, 6.45) is 2.28. The molecule has 76 valence electrons. The van der Waals surface area contributed by atoms with Crippen molar-refractivity contribution in [1.82, 2.24) is 15.8 Å². The Morgan fingerprint density at radius 3 is 2.62 bits per heavy atom. The Morgan fingerprint density at radius 1 is 1.69 bits per heavy atom. The number of hydrazine groups is 3. The number of hydrogen-bond donors (Lipinski definition) is 4. The van der Waals surface area contributed by atoms with E-state index in [1.165, 1.54) is 11.8 Å². The van der Waals surface area contributed by atoms with Gasteiger partial charge in [-0.3, -0.25) is 5.21 Å². The second-order valence-electron chi connectivity index (χ2n) is 1.92. The third-order valence-electron chi connectivity index (χ3n) is 1.10. The molecule has 0 amide bonds. The molecule has 0 bridgehead atoms. The third-order valence-corrected chi connectivity index (χ3v) is 1.10. The van der Waals surface area contributed by atoms with Gasteiger partial charge in [0.25, 0.3) is 0 Å². The molecule has 0 saturated heterocycles. The van der Waals surface area contributed by atoms with Crippen molar-refractivity contribution in [3.63, 3.8) is 0 Å². The summed E-state index contributed by atoms with van der Waals surface area (Å²) in [5.74, 6) is 0. The van der Waals surface area contributed by atoms with Crippen LogP contribution >= 0.6 is 0 Å². The molecule has 0 aromatic heterocycles. The molecule has 9 nitrogen and oxygen atoms in total. The number of nitrogens with two attached hydrogens (primary N) is 2. The molecule has 0 saturated carbocycles. The minimum Gasteiger partial charge on any atom is -0.403 e. The first-order valence-electron chi connectivity index (χ1n) is 3.36. The predicted molar refractivity (Wildman–Crippen MR) is 42.8 cm³/mol. The molecule has 0 spiro atoms. The van der Waals surface area contributed by atoms with E-state index in [4.69, 9.17) is 16.7 Å². The van der Waals surface area contributed by atoms with Crippen LogP contribution < -0.4 is 17.1 Å². The highest BCUT2D eigenvalue weighted by Crippen LogP contribution is 1.93. The van der Waals surface area contributed by atoms with Crippen LogP contribution in [0.4, 0.5) is 0 Å². The average molecular weight is 192 g/mol. The van der Waals surface area contributed by atoms with Crippen LogP contribution in [0.3, 0.4) is 0 Å². The number of hydrogen-bond acceptors (Lipinski definition) is 7. The van der Waals surface area contributed by atoms with E-state index in [9.17, 15) is 10.1 Å². The number of nitrogens with zero attached hydrogens (tertiary/aromatic N) is 3. The fraction of sp³-hybridized carbons (Fsp3) is 0.500. The summed E-state index contributed by atoms with van der Waals surface area (Å²) in [7, 11) is 0. The highest BCUT2D eigenvalue weighted by Gasteiger charge is 2.19. The van der Waals surface area contributed by atoms with Crippen molar-refractivity contribution in [3.8, 4) is 0 Å². The summed E-state index contributed by atoms with van der Waals surface area (Å²) in [4.78, 5) is 10.3. The van der Waals surface area contributed by atoms with Gasteiger partial charge in [-0.15, -0.1) is 0 Å². The number of nitro groups is 1. The molecule has 0 unspecified atom stereocenters. The quantitative estimate of drug-likeness (QED) is 0.280. The van der Waals surface area contributed by atoms with Crippen LogP contribution in [0.1, 0.15) is 0 Å². The van der Waals surface area contributed by atoms with Crippen LogP contribution in [0.2, 0.25) is 0 Å². The Kier molecular flexibility index (Phi) is 5.27. The van der Waals surface area contributed by atoms with Crippen LogP contribution in [0.15, 0.2) is 12.4 Å². The Morgan fingerprint density at radius 2 is 2.31 bits per heavy atom. The highest BCUT2D eigenvalue weighted by atomic mass is 16.7. The summed E-state index contributed by atoms with van der Waals surface area (Å²) in [5.41, 5.74) is 11.6. The van der Waals surface area contributed by atoms with Gasteiger partial charge in [-0.1, -0.05) is 0 Å². The van der Waals surface area contributed by atoms with E-state index in [1.54, 1.807) is 0 Å². The predicted octanol–water partition coefficient (Wildman–Crippen LogP) is -2.02. The van der Waals surface area contributed by atoms with Gasteiger partial charge in [0.05, 0.1) is 11.8 Å². The van der Waals surface area contributed by atoms with E-state index >= 15 is 0 Å². The van der Waals surface area contributed by atoms with Crippen molar-refractivity contribution in [1.29, 1.82) is 0 Å². The molecule has 6 N–H and O–H groups in total. The van der Waals surface area contributed by atoms with Crippen molar-refractivity contribution in [2.45, 2.75) is 0 Å². The molecule has 9 heteroatoms. The Labute approximate surface area is 74.2 Å². The molecule has 0 aliphatic rings. The molecule has 0 aromatic rings. The Bertz CT molecular complexity index is 185. The van der Waals surface area contributed by atoms with Gasteiger partial charge in [0.1, 0.15) is 0 Å². The topological polar surface area (TPSA) is 134 Å². The van der Waals surface area contributed by atoms with E-state index in [0.717, 1.165) is 11.2 Å². The van der Waals surface area contributed by atoms with Gasteiger partial charge in [-0.25, -0.2) is 15.1 Å². The second kappa shape index (κ2) is 5.99. The molecule has 0 fully saturated rings. The zero-order valence-corrected chi connectivity index (χ0v) is 6.83. The first kappa shape index (κ1) is 11.4. The SMILES string of the molecule is N/C=C/N(CCN)N(NO)[N+](=O)[O-]. The molecular formula is C4H12N6O3. The monoisotopic (exact) mass is 192 g/mol. The fourth-order valence-electron chi connectivity index (χ4n) is 0.652. The molecule has 13 heavy (non-hydrogen) atoms. The Hall–Kier alpha value is -1.58. The van der Waals surface area contributed by atoms with Crippen LogP contribution in [0, 0.1) is 10.1 Å². The summed E-state index contributed by atoms with van der Waals surface area (Å²) >= 11 is 0. The molecule has 0 rings (SSSR count). The summed E-state index contributed by atoms with van der Waals surface area (Å²) in [5, 5.41) is 19.1. The first-order valence-corrected chi connectivity index (χ1v) is 3.36. The van der Waals surface area contributed by atoms with E-state index < -0.39 is 5.03 Å². The van der Waals surface area contributed by atoms with Gasteiger partial charge in [0.15, 0.2) is 0 Å². The molecule has 0 radical (unpaired) electrons. The lowest BCUT2D eigenvalue weighted by molar-refractivity contribution is -0.723. The largest absolute Gasteiger partial charge is 0.403 e. The van der Waals surface area contributed by atoms with Crippen LogP contribution in [0.25, 0.3) is 0 Å². The molecule has 0 aliphatic heterocycles. The minimum atomic E-state index is -0.865. The molecule has 0 aromatic carbocycles. The van der Waals surface area contributed by atoms with Crippen LogP contribution in [-0.2, 0) is 0 Å². The van der Waals surface area contributed by atoms with E-state index in [-0.39, 0.29) is 18.3 Å². The van der Waals surface area contributed by atoms with Crippen LogP contribution in [-0.4, -0.2) is 33.6 Å². The average Bonchev–Trinajstić information content (AvgIpc) is 2.05. The van der Waals surface area contributed by atoms with Crippen molar-refractivity contribution < 1.29 is 10.2 Å². The van der Waals surface area contributed by atoms with Gasteiger partial charge in [-0.05, 0) is 5.59 Å². The zero-order chi connectivity index (χ0) is 10.3. The Balaban J connectivity index is 4.38. The molecule has 0 aliphatic carbocycles. The maximum Gasteiger partial charge on any atom is 0.200 e. The van der Waals surface area contributed by atoms with Crippen molar-refractivity contribution in [2.75, 3.05) is 13.1 Å². The molecular weight excluding hydrogens is 180 g/mol. The van der Waals surface area contributed by atoms with E-state index in [0.29, 0.717) is 0 Å². The van der Waals surface area contributed by atoms with Crippen LogP contribution in [0.5, 0.6) is 0 Å². The van der Waals surface area contributed by atoms with Gasteiger partial charge >= 0.3 is 0 Å². The summed E-state index contributed by atoms with van der Waals surface area (Å²) in [6, 6.07) is 0. The molecule has 0 heterocycles. The second-order valence-corrected chi connectivity index (χ2v) is 1.92. The van der Waals surface area contributed by atoms with Gasteiger partial charge in [0, 0.05) is 18.9 Å². The number of rotatable bonds is 6. The maximum absolute atomic E-state index is 10.3. The minimum absolute atomic E-state index is 0.141. The van der Waals surface area contributed by atoms with E-state index in [2.05, 4.69) is 0 Å². The summed E-state index contributed by atoms with van der Waals surface area (Å²) in [6.45, 7) is 0.318. The van der Waals surface area contributed by atoms with Crippen molar-refractivity contribution in [2.24, 2.45) is 11.5 Å². The van der Waals surface area contributed by atoms with Gasteiger partial charge in [0.2, 0.25) is 5.03 Å². The standard InChI is InChI=1S/C4H12N6O3/c5-1-3-8(4-2-6)9(7-11)10(12)13/h1,3,7,11H,2,4-6H2/b3-1+. The summed E-state index contributed by atoms with van der Waals surface area (Å²) < 4.78 is 0. The lowest BCUT2D eigenvalue weighted by Gasteiger charge is -2.22. The van der Waals surface area contributed by atoms with Crippen molar-refractivity contribution >= 4 is 0 Å². The maximum atomic E-state index is 10.3. The fourth-order valence-corrected chi connectivity index (χ4v) is 0.652. The molecule has 0 atom stereocenters. The van der Waals surface area contributed by atoms with Gasteiger partial charge in [-0.2, -0.15) is 0 Å². The zero-order valence-electron chi connectivity index (χ0n) is 6.83. The third kappa shape index (κ3) is 3.55. The first-order chi connectivity index (χ1) is 6.17. The normalized spacial score (nSPS) is 10.3. The smallest absolute Gasteiger partial charge is 0.200 e. The number of nitrogens with one attached hydrogen (secondary N) is 1. The van der Waals surface area contributed by atoms with E-state index in [1.807, 2.05) is 0 Å². The van der Waals surface area contributed by atoms with Crippen molar-refractivity contribution in [3.05, 3.63) is 22.5 Å². The highest BCUT2D eigenvalue weighted by molar-refractivity contribution is 4.73. The van der Waals surface area contributed by atoms with Gasteiger partial charge < -0.3 is 11.5 Å².